The first-order valence-electron chi connectivity index (χ1n) is 8.55. The largest absolute Gasteiger partial charge is 0.444 e. The van der Waals surface area contributed by atoms with Gasteiger partial charge >= 0.3 is 6.09 Å². The van der Waals surface area contributed by atoms with Crippen LogP contribution in [0.4, 0.5) is 4.79 Å². The second-order valence-electron chi connectivity index (χ2n) is 7.83. The number of halogens is 2. The number of likely N-dealkylation sites (tertiary alicyclic amines) is 1. The highest BCUT2D eigenvalue weighted by Crippen LogP contribution is 2.37. The van der Waals surface area contributed by atoms with Crippen LogP contribution in [-0.4, -0.2) is 43.4 Å². The molecular formula is C19H27Cl2NO3. The van der Waals surface area contributed by atoms with E-state index in [0.29, 0.717) is 29.7 Å². The van der Waals surface area contributed by atoms with E-state index in [9.17, 15) is 4.79 Å². The standard InChI is InChI=1S/C19H27Cl2NO3/c1-18(2,3)25-17(23)22-9-7-19(8-10-22,13-24-4)12-14-5-6-15(20)16(21)11-14/h5-6,11H,7-10,12-13H2,1-4H3. The molecule has 1 aliphatic heterocycles. The quantitative estimate of drug-likeness (QED) is 0.712. The van der Waals surface area contributed by atoms with Crippen molar-refractivity contribution in [2.75, 3.05) is 26.8 Å². The van der Waals surface area contributed by atoms with Crippen molar-refractivity contribution >= 4 is 29.3 Å². The van der Waals surface area contributed by atoms with Gasteiger partial charge in [0, 0.05) is 25.6 Å². The molecule has 0 bridgehead atoms. The normalized spacial score (nSPS) is 17.4. The maximum atomic E-state index is 12.3. The molecule has 25 heavy (non-hydrogen) atoms. The number of carbonyl (C=O) groups excluding carboxylic acids is 1. The number of methoxy groups -OCH3 is 1. The highest BCUT2D eigenvalue weighted by atomic mass is 35.5. The average Bonchev–Trinajstić information content (AvgIpc) is 2.50. The van der Waals surface area contributed by atoms with Crippen molar-refractivity contribution in [1.29, 1.82) is 0 Å². The smallest absolute Gasteiger partial charge is 0.410 e. The Morgan fingerprint density at radius 1 is 1.20 bits per heavy atom. The molecule has 1 aliphatic rings. The zero-order chi connectivity index (χ0) is 18.7. The topological polar surface area (TPSA) is 38.8 Å². The Bertz CT molecular complexity index is 605. The lowest BCUT2D eigenvalue weighted by atomic mass is 9.74. The fraction of sp³-hybridized carbons (Fsp3) is 0.632. The van der Waals surface area contributed by atoms with Crippen LogP contribution in [0.2, 0.25) is 10.0 Å². The SMILES string of the molecule is COCC1(Cc2ccc(Cl)c(Cl)c2)CCN(C(=O)OC(C)(C)C)CC1. The lowest BCUT2D eigenvalue weighted by molar-refractivity contribution is -0.00672. The molecule has 0 aliphatic carbocycles. The predicted molar refractivity (Wildman–Crippen MR) is 102 cm³/mol. The first-order valence-corrected chi connectivity index (χ1v) is 9.31. The van der Waals surface area contributed by atoms with Crippen LogP contribution in [0.25, 0.3) is 0 Å². The Balaban J connectivity index is 2.04. The van der Waals surface area contributed by atoms with Gasteiger partial charge in [0.2, 0.25) is 0 Å². The van der Waals surface area contributed by atoms with Gasteiger partial charge in [0.1, 0.15) is 5.60 Å². The van der Waals surface area contributed by atoms with Crippen molar-refractivity contribution in [3.8, 4) is 0 Å². The van der Waals surface area contributed by atoms with Gasteiger partial charge in [-0.15, -0.1) is 0 Å². The van der Waals surface area contributed by atoms with Crippen molar-refractivity contribution in [2.24, 2.45) is 5.41 Å². The van der Waals surface area contributed by atoms with E-state index in [1.807, 2.05) is 39.0 Å². The summed E-state index contributed by atoms with van der Waals surface area (Å²) in [5.41, 5.74) is 0.653. The summed E-state index contributed by atoms with van der Waals surface area (Å²) in [6.45, 7) is 7.63. The van der Waals surface area contributed by atoms with Crippen molar-refractivity contribution < 1.29 is 14.3 Å². The molecule has 1 saturated heterocycles. The van der Waals surface area contributed by atoms with E-state index in [4.69, 9.17) is 32.7 Å². The first kappa shape index (κ1) is 20.3. The van der Waals surface area contributed by atoms with E-state index in [2.05, 4.69) is 0 Å². The lowest BCUT2D eigenvalue weighted by Gasteiger charge is -2.41. The van der Waals surface area contributed by atoms with E-state index in [1.165, 1.54) is 0 Å². The summed E-state index contributed by atoms with van der Waals surface area (Å²) in [6.07, 6.45) is 2.33. The summed E-state index contributed by atoms with van der Waals surface area (Å²) in [4.78, 5) is 14.0. The molecule has 1 fully saturated rings. The van der Waals surface area contributed by atoms with Crippen LogP contribution in [-0.2, 0) is 15.9 Å². The number of ether oxygens (including phenoxy) is 2. The minimum atomic E-state index is -0.474. The average molecular weight is 388 g/mol. The Morgan fingerprint density at radius 2 is 1.84 bits per heavy atom. The van der Waals surface area contributed by atoms with Crippen LogP contribution in [0.5, 0.6) is 0 Å². The van der Waals surface area contributed by atoms with E-state index in [-0.39, 0.29) is 11.5 Å². The second-order valence-corrected chi connectivity index (χ2v) is 8.64. The van der Waals surface area contributed by atoms with Gasteiger partial charge in [-0.05, 0) is 57.7 Å². The van der Waals surface area contributed by atoms with Gasteiger partial charge in [-0.25, -0.2) is 4.79 Å². The van der Waals surface area contributed by atoms with Crippen LogP contribution < -0.4 is 0 Å². The summed E-state index contributed by atoms with van der Waals surface area (Å²) in [7, 11) is 1.72. The molecule has 0 spiro atoms. The molecular weight excluding hydrogens is 361 g/mol. The Labute approximate surface area is 160 Å². The molecule has 1 amide bonds. The van der Waals surface area contributed by atoms with Crippen molar-refractivity contribution in [3.63, 3.8) is 0 Å². The molecule has 0 N–H and O–H groups in total. The number of hydrogen-bond donors (Lipinski definition) is 0. The third-order valence-corrected chi connectivity index (χ3v) is 5.23. The number of piperidine rings is 1. The molecule has 0 aromatic heterocycles. The van der Waals surface area contributed by atoms with Crippen LogP contribution in [0.15, 0.2) is 18.2 Å². The summed E-state index contributed by atoms with van der Waals surface area (Å²) in [6, 6.07) is 5.75. The number of amides is 1. The third kappa shape index (κ3) is 5.77. The summed E-state index contributed by atoms with van der Waals surface area (Å²) >= 11 is 12.2. The van der Waals surface area contributed by atoms with Gasteiger partial charge in [0.05, 0.1) is 16.7 Å². The van der Waals surface area contributed by atoms with E-state index in [0.717, 1.165) is 24.8 Å². The maximum Gasteiger partial charge on any atom is 0.410 e. The van der Waals surface area contributed by atoms with Crippen molar-refractivity contribution in [3.05, 3.63) is 33.8 Å². The lowest BCUT2D eigenvalue weighted by Crippen LogP contribution is -2.47. The van der Waals surface area contributed by atoms with E-state index >= 15 is 0 Å². The number of benzene rings is 1. The fourth-order valence-electron chi connectivity index (χ4n) is 3.25. The third-order valence-electron chi connectivity index (χ3n) is 4.49. The second kappa shape index (κ2) is 8.15. The molecule has 140 valence electrons. The monoisotopic (exact) mass is 387 g/mol. The molecule has 0 unspecified atom stereocenters. The summed E-state index contributed by atoms with van der Waals surface area (Å²) in [5, 5.41) is 1.13. The number of rotatable bonds is 4. The molecule has 2 rings (SSSR count). The molecule has 4 nitrogen and oxygen atoms in total. The van der Waals surface area contributed by atoms with Gasteiger partial charge in [0.15, 0.2) is 0 Å². The zero-order valence-electron chi connectivity index (χ0n) is 15.4. The maximum absolute atomic E-state index is 12.3. The van der Waals surface area contributed by atoms with Crippen molar-refractivity contribution in [2.45, 2.75) is 45.6 Å². The minimum absolute atomic E-state index is 0.00950. The number of hydrogen-bond acceptors (Lipinski definition) is 3. The Morgan fingerprint density at radius 3 is 2.36 bits per heavy atom. The predicted octanol–water partition coefficient (Wildman–Crippen LogP) is 5.20. The highest BCUT2D eigenvalue weighted by molar-refractivity contribution is 6.42. The summed E-state index contributed by atoms with van der Waals surface area (Å²) < 4.78 is 11.0. The van der Waals surface area contributed by atoms with E-state index in [1.54, 1.807) is 12.0 Å². The zero-order valence-corrected chi connectivity index (χ0v) is 16.9. The summed E-state index contributed by atoms with van der Waals surface area (Å²) in [5.74, 6) is 0. The molecule has 0 atom stereocenters. The van der Waals surface area contributed by atoms with Gasteiger partial charge in [0.25, 0.3) is 0 Å². The molecule has 0 saturated carbocycles. The van der Waals surface area contributed by atoms with Gasteiger partial charge in [-0.3, -0.25) is 0 Å². The number of nitrogens with zero attached hydrogens (tertiary/aromatic N) is 1. The van der Waals surface area contributed by atoms with Crippen LogP contribution in [0.1, 0.15) is 39.2 Å². The first-order chi connectivity index (χ1) is 11.6. The van der Waals surface area contributed by atoms with E-state index < -0.39 is 5.60 Å². The molecule has 6 heteroatoms. The Hall–Kier alpha value is -0.970. The van der Waals surface area contributed by atoms with Gasteiger partial charge < -0.3 is 14.4 Å². The molecule has 1 aromatic carbocycles. The molecule has 1 aromatic rings. The van der Waals surface area contributed by atoms with Gasteiger partial charge in [-0.1, -0.05) is 29.3 Å². The fourth-order valence-corrected chi connectivity index (χ4v) is 3.57. The number of carbonyl (C=O) groups is 1. The van der Waals surface area contributed by atoms with Crippen molar-refractivity contribution in [1.82, 2.24) is 4.90 Å². The highest BCUT2D eigenvalue weighted by Gasteiger charge is 2.37. The van der Waals surface area contributed by atoms with Gasteiger partial charge in [-0.2, -0.15) is 0 Å². The van der Waals surface area contributed by atoms with Crippen LogP contribution in [0.3, 0.4) is 0 Å². The van der Waals surface area contributed by atoms with Crippen LogP contribution in [0, 0.1) is 5.41 Å². The minimum Gasteiger partial charge on any atom is -0.444 e. The molecule has 1 heterocycles. The Kier molecular flexibility index (Phi) is 6.63. The molecule has 0 radical (unpaired) electrons. The van der Waals surface area contributed by atoms with Crippen LogP contribution >= 0.6 is 23.2 Å².